The summed E-state index contributed by atoms with van der Waals surface area (Å²) in [6.45, 7) is 9.05. The molecule has 0 N–H and O–H groups in total. The zero-order chi connectivity index (χ0) is 25.2. The van der Waals surface area contributed by atoms with Crippen LogP contribution in [0.1, 0.15) is 77.8 Å². The van der Waals surface area contributed by atoms with E-state index >= 15 is 0 Å². The molecule has 1 saturated heterocycles. The van der Waals surface area contributed by atoms with Crippen LogP contribution in [0, 0.1) is 0 Å². The summed E-state index contributed by atoms with van der Waals surface area (Å²) in [7, 11) is -3.04. The predicted molar refractivity (Wildman–Crippen MR) is 141 cm³/mol. The Morgan fingerprint density at radius 1 is 1.09 bits per heavy atom. The fourth-order valence-corrected chi connectivity index (χ4v) is 7.85. The van der Waals surface area contributed by atoms with Crippen molar-refractivity contribution in [1.29, 1.82) is 0 Å². The third kappa shape index (κ3) is 6.10. The Morgan fingerprint density at radius 2 is 1.77 bits per heavy atom. The molecule has 0 radical (unpaired) electrons. The van der Waals surface area contributed by atoms with E-state index in [-0.39, 0.29) is 34.6 Å². The van der Waals surface area contributed by atoms with Crippen LogP contribution in [0.15, 0.2) is 29.4 Å². The number of amides is 1. The Kier molecular flexibility index (Phi) is 7.95. The van der Waals surface area contributed by atoms with Crippen molar-refractivity contribution in [1.82, 2.24) is 19.7 Å². The van der Waals surface area contributed by atoms with Crippen molar-refractivity contribution in [2.45, 2.75) is 88.9 Å². The molecule has 2 fully saturated rings. The molecular formula is C26H38N4O3S2. The first kappa shape index (κ1) is 26.2. The number of nitrogens with zero attached hydrogens (tertiary/aromatic N) is 4. The zero-order valence-electron chi connectivity index (χ0n) is 21.4. The summed E-state index contributed by atoms with van der Waals surface area (Å²) in [5.74, 6) is 1.31. The maximum absolute atomic E-state index is 13.1. The molecule has 1 aromatic carbocycles. The van der Waals surface area contributed by atoms with E-state index in [2.05, 4.69) is 59.8 Å². The maximum Gasteiger partial charge on any atom is 0.233 e. The second-order valence-electron chi connectivity index (χ2n) is 10.8. The van der Waals surface area contributed by atoms with Gasteiger partial charge in [-0.1, -0.05) is 76.1 Å². The van der Waals surface area contributed by atoms with Gasteiger partial charge in [0.15, 0.2) is 20.8 Å². The number of carbonyl (C=O) groups is 1. The van der Waals surface area contributed by atoms with Crippen LogP contribution in [0.2, 0.25) is 0 Å². The zero-order valence-corrected chi connectivity index (χ0v) is 23.0. The molecule has 1 aromatic heterocycles. The van der Waals surface area contributed by atoms with Gasteiger partial charge >= 0.3 is 0 Å². The molecule has 1 aliphatic carbocycles. The molecule has 2 aliphatic rings. The minimum absolute atomic E-state index is 0.0334. The third-order valence-electron chi connectivity index (χ3n) is 7.25. The molecule has 2 aromatic rings. The lowest BCUT2D eigenvalue weighted by atomic mass is 9.86. The monoisotopic (exact) mass is 518 g/mol. The summed E-state index contributed by atoms with van der Waals surface area (Å²) in [5.41, 5.74) is 2.40. The Bertz CT molecular complexity index is 1130. The minimum atomic E-state index is -3.04. The van der Waals surface area contributed by atoms with Crippen molar-refractivity contribution in [3.05, 3.63) is 29.8 Å². The first-order chi connectivity index (χ1) is 16.6. The van der Waals surface area contributed by atoms with Crippen molar-refractivity contribution in [3.63, 3.8) is 0 Å². The molecule has 1 atom stereocenters. The van der Waals surface area contributed by atoms with Crippen LogP contribution in [0.5, 0.6) is 0 Å². The summed E-state index contributed by atoms with van der Waals surface area (Å²) in [6.07, 6.45) is 6.34. The first-order valence-electron chi connectivity index (χ1n) is 12.8. The molecule has 2 heterocycles. The van der Waals surface area contributed by atoms with E-state index in [4.69, 9.17) is 0 Å². The Morgan fingerprint density at radius 3 is 2.34 bits per heavy atom. The van der Waals surface area contributed by atoms with Gasteiger partial charge in [0.05, 0.1) is 17.3 Å². The Labute approximate surface area is 214 Å². The number of carbonyl (C=O) groups excluding carboxylic acids is 1. The van der Waals surface area contributed by atoms with Crippen LogP contribution < -0.4 is 0 Å². The molecule has 0 unspecified atom stereocenters. The highest BCUT2D eigenvalue weighted by Gasteiger charge is 2.34. The lowest BCUT2D eigenvalue weighted by Crippen LogP contribution is -2.42. The topological polar surface area (TPSA) is 85.2 Å². The van der Waals surface area contributed by atoms with Crippen molar-refractivity contribution >= 4 is 27.5 Å². The smallest absolute Gasteiger partial charge is 0.233 e. The van der Waals surface area contributed by atoms with Crippen LogP contribution in [0.4, 0.5) is 0 Å². The lowest BCUT2D eigenvalue weighted by molar-refractivity contribution is -0.129. The number of rotatable bonds is 7. The van der Waals surface area contributed by atoms with E-state index in [9.17, 15) is 13.2 Å². The SMILES string of the molecule is CCN(C(=O)CSc1nnc(-c2ccc(C(C)(C)C)cc2)n1C1CCCCC1)[C@H]1CCS(=O)(=O)C1. The summed E-state index contributed by atoms with van der Waals surface area (Å²) in [5, 5.41) is 9.88. The molecule has 1 amide bonds. The molecule has 0 bridgehead atoms. The van der Waals surface area contributed by atoms with Crippen LogP contribution >= 0.6 is 11.8 Å². The quantitative estimate of drug-likeness (QED) is 0.486. The molecule has 9 heteroatoms. The number of aromatic nitrogens is 3. The van der Waals surface area contributed by atoms with E-state index < -0.39 is 9.84 Å². The van der Waals surface area contributed by atoms with Gasteiger partial charge in [-0.05, 0) is 37.2 Å². The van der Waals surface area contributed by atoms with Crippen molar-refractivity contribution < 1.29 is 13.2 Å². The second-order valence-corrected chi connectivity index (χ2v) is 14.0. The molecule has 0 spiro atoms. The molecular weight excluding hydrogens is 480 g/mol. The van der Waals surface area contributed by atoms with Gasteiger partial charge in [0.1, 0.15) is 0 Å². The number of hydrogen-bond donors (Lipinski definition) is 0. The van der Waals surface area contributed by atoms with Crippen molar-refractivity contribution in [3.8, 4) is 11.4 Å². The van der Waals surface area contributed by atoms with Gasteiger partial charge in [-0.25, -0.2) is 8.42 Å². The highest BCUT2D eigenvalue weighted by molar-refractivity contribution is 7.99. The van der Waals surface area contributed by atoms with Crippen LogP contribution in [0.25, 0.3) is 11.4 Å². The molecule has 192 valence electrons. The van der Waals surface area contributed by atoms with Gasteiger partial charge in [-0.2, -0.15) is 0 Å². The van der Waals surface area contributed by atoms with E-state index in [0.717, 1.165) is 29.4 Å². The normalized spacial score (nSPS) is 20.7. The van der Waals surface area contributed by atoms with E-state index in [1.165, 1.54) is 36.6 Å². The molecule has 35 heavy (non-hydrogen) atoms. The molecule has 1 saturated carbocycles. The van der Waals surface area contributed by atoms with Crippen LogP contribution in [0.3, 0.4) is 0 Å². The first-order valence-corrected chi connectivity index (χ1v) is 15.6. The number of sulfone groups is 1. The molecule has 4 rings (SSSR count). The largest absolute Gasteiger partial charge is 0.338 e. The van der Waals surface area contributed by atoms with E-state index in [1.807, 2.05) is 6.92 Å². The van der Waals surface area contributed by atoms with Crippen LogP contribution in [-0.4, -0.2) is 63.8 Å². The van der Waals surface area contributed by atoms with E-state index in [0.29, 0.717) is 19.0 Å². The Hall–Kier alpha value is -1.87. The Balaban J connectivity index is 1.55. The summed E-state index contributed by atoms with van der Waals surface area (Å²) in [4.78, 5) is 14.8. The summed E-state index contributed by atoms with van der Waals surface area (Å²) in [6, 6.07) is 8.70. The molecule has 7 nitrogen and oxygen atoms in total. The summed E-state index contributed by atoms with van der Waals surface area (Å²) >= 11 is 1.42. The fraction of sp³-hybridized carbons (Fsp3) is 0.654. The standard InChI is InChI=1S/C26H38N4O3S2/c1-5-29(22-15-16-35(32,33)18-22)23(31)17-34-25-28-27-24(30(25)21-9-7-6-8-10-21)19-11-13-20(14-12-19)26(2,3)4/h11-14,21-22H,5-10,15-18H2,1-4H3/t22-/m0/s1. The highest BCUT2D eigenvalue weighted by Crippen LogP contribution is 2.36. The van der Waals surface area contributed by atoms with Gasteiger partial charge in [-0.3, -0.25) is 9.36 Å². The average Bonchev–Trinajstić information content (AvgIpc) is 3.41. The number of benzene rings is 1. The summed E-state index contributed by atoms with van der Waals surface area (Å²) < 4.78 is 26.1. The highest BCUT2D eigenvalue weighted by atomic mass is 32.2. The maximum atomic E-state index is 13.1. The van der Waals surface area contributed by atoms with Crippen LogP contribution in [-0.2, 0) is 20.0 Å². The average molecular weight is 519 g/mol. The van der Waals surface area contributed by atoms with Gasteiger partial charge in [0.25, 0.3) is 0 Å². The lowest BCUT2D eigenvalue weighted by Gasteiger charge is -2.27. The number of thioether (sulfide) groups is 1. The second kappa shape index (κ2) is 10.6. The number of hydrogen-bond acceptors (Lipinski definition) is 6. The van der Waals surface area contributed by atoms with Gasteiger partial charge < -0.3 is 4.90 Å². The van der Waals surface area contributed by atoms with E-state index in [1.54, 1.807) is 4.90 Å². The predicted octanol–water partition coefficient (Wildman–Crippen LogP) is 4.88. The minimum Gasteiger partial charge on any atom is -0.338 e. The van der Waals surface area contributed by atoms with Gasteiger partial charge in [-0.15, -0.1) is 10.2 Å². The third-order valence-corrected chi connectivity index (χ3v) is 9.93. The van der Waals surface area contributed by atoms with Gasteiger partial charge in [0, 0.05) is 24.2 Å². The molecule has 1 aliphatic heterocycles. The van der Waals surface area contributed by atoms with Crippen molar-refractivity contribution in [2.75, 3.05) is 23.8 Å². The fourth-order valence-electron chi connectivity index (χ4n) is 5.23. The van der Waals surface area contributed by atoms with Crippen molar-refractivity contribution in [2.24, 2.45) is 0 Å². The van der Waals surface area contributed by atoms with Gasteiger partial charge in [0.2, 0.25) is 5.91 Å².